The van der Waals surface area contributed by atoms with Crippen molar-refractivity contribution < 1.29 is 4.79 Å². The number of halogens is 1. The summed E-state index contributed by atoms with van der Waals surface area (Å²) in [6.07, 6.45) is 1.53. The molecule has 8 heteroatoms. The van der Waals surface area contributed by atoms with Crippen LogP contribution in [0.2, 0.25) is 0 Å². The third kappa shape index (κ3) is 2.89. The smallest absolute Gasteiger partial charge is 0.247 e. The zero-order chi connectivity index (χ0) is 13.2. The normalized spacial score (nSPS) is 10.8. The molecule has 19 heavy (non-hydrogen) atoms. The van der Waals surface area contributed by atoms with Crippen molar-refractivity contribution in [3.8, 4) is 0 Å². The van der Waals surface area contributed by atoms with Crippen LogP contribution in [-0.4, -0.2) is 25.7 Å². The van der Waals surface area contributed by atoms with Crippen molar-refractivity contribution in [1.82, 2.24) is 19.7 Å². The number of carbonyl (C=O) groups is 1. The minimum Gasteiger partial charge on any atom is -0.300 e. The molecule has 96 valence electrons. The molecule has 0 saturated heterocycles. The van der Waals surface area contributed by atoms with Gasteiger partial charge in [0.05, 0.1) is 10.2 Å². The van der Waals surface area contributed by atoms with Crippen molar-refractivity contribution in [3.63, 3.8) is 0 Å². The van der Waals surface area contributed by atoms with E-state index >= 15 is 0 Å². The summed E-state index contributed by atoms with van der Waals surface area (Å²) in [5, 5.41) is 7.41. The van der Waals surface area contributed by atoms with Gasteiger partial charge in [0.1, 0.15) is 12.9 Å². The van der Waals surface area contributed by atoms with Gasteiger partial charge in [-0.15, -0.1) is 5.10 Å². The standard InChI is InChI=1S/C11H8IN5OS/c12-10-13-6-17(16-10)5-9(18)15-11-14-7-3-1-2-4-8(7)19-11/h1-4,6H,5H2,(H,14,15,18). The Morgan fingerprint density at radius 1 is 1.42 bits per heavy atom. The van der Waals surface area contributed by atoms with Crippen molar-refractivity contribution in [2.45, 2.75) is 6.54 Å². The van der Waals surface area contributed by atoms with Crippen molar-refractivity contribution in [2.24, 2.45) is 0 Å². The van der Waals surface area contributed by atoms with Gasteiger partial charge in [-0.05, 0) is 12.1 Å². The number of hydrogen-bond donors (Lipinski definition) is 1. The monoisotopic (exact) mass is 385 g/mol. The number of benzene rings is 1. The first-order valence-electron chi connectivity index (χ1n) is 5.41. The molecule has 1 amide bonds. The second-order valence-corrected chi connectivity index (χ2v) is 5.74. The molecule has 0 unspecified atom stereocenters. The molecular formula is C11H8IN5OS. The molecule has 6 nitrogen and oxygen atoms in total. The summed E-state index contributed by atoms with van der Waals surface area (Å²) in [5.41, 5.74) is 0.887. The summed E-state index contributed by atoms with van der Waals surface area (Å²) in [5.74, 6) is -0.166. The number of thiazole rings is 1. The molecule has 0 aliphatic rings. The number of nitrogens with zero attached hydrogens (tertiary/aromatic N) is 4. The Kier molecular flexibility index (Phi) is 3.42. The van der Waals surface area contributed by atoms with Gasteiger partial charge in [0.15, 0.2) is 5.13 Å². The van der Waals surface area contributed by atoms with Gasteiger partial charge in [-0.3, -0.25) is 4.79 Å². The number of anilines is 1. The second-order valence-electron chi connectivity index (χ2n) is 3.75. The predicted molar refractivity (Wildman–Crippen MR) is 81.0 cm³/mol. The largest absolute Gasteiger partial charge is 0.300 e. The van der Waals surface area contributed by atoms with E-state index in [-0.39, 0.29) is 12.5 Å². The van der Waals surface area contributed by atoms with Gasteiger partial charge in [0.25, 0.3) is 0 Å². The summed E-state index contributed by atoms with van der Waals surface area (Å²) < 4.78 is 3.16. The fourth-order valence-electron chi connectivity index (χ4n) is 1.58. The highest BCUT2D eigenvalue weighted by Gasteiger charge is 2.09. The molecule has 0 fully saturated rings. The highest BCUT2D eigenvalue weighted by Crippen LogP contribution is 2.25. The summed E-state index contributed by atoms with van der Waals surface area (Å²) >= 11 is 3.45. The van der Waals surface area contributed by atoms with Crippen molar-refractivity contribution in [3.05, 3.63) is 34.4 Å². The van der Waals surface area contributed by atoms with Gasteiger partial charge < -0.3 is 5.32 Å². The third-order valence-corrected chi connectivity index (χ3v) is 3.80. The molecule has 0 atom stereocenters. The van der Waals surface area contributed by atoms with Crippen LogP contribution in [0.4, 0.5) is 5.13 Å². The molecule has 3 aromatic rings. The fourth-order valence-corrected chi connectivity index (χ4v) is 2.86. The number of nitrogens with one attached hydrogen (secondary N) is 1. The van der Waals surface area contributed by atoms with Crippen molar-refractivity contribution >= 4 is 55.2 Å². The Labute approximate surface area is 126 Å². The lowest BCUT2D eigenvalue weighted by Gasteiger charge is -2.00. The summed E-state index contributed by atoms with van der Waals surface area (Å²) in [6, 6.07) is 7.76. The van der Waals surface area contributed by atoms with E-state index in [4.69, 9.17) is 0 Å². The minimum atomic E-state index is -0.166. The Hall–Kier alpha value is -1.55. The number of fused-ring (bicyclic) bond motifs is 1. The van der Waals surface area contributed by atoms with E-state index in [0.29, 0.717) is 8.96 Å². The van der Waals surface area contributed by atoms with Crippen molar-refractivity contribution in [2.75, 3.05) is 5.32 Å². The lowest BCUT2D eigenvalue weighted by Crippen LogP contribution is -2.19. The van der Waals surface area contributed by atoms with Gasteiger partial charge in [0, 0.05) is 22.6 Å². The Morgan fingerprint density at radius 3 is 3.00 bits per heavy atom. The van der Waals surface area contributed by atoms with E-state index in [1.165, 1.54) is 22.3 Å². The maximum absolute atomic E-state index is 11.8. The van der Waals surface area contributed by atoms with E-state index in [0.717, 1.165) is 10.2 Å². The highest BCUT2D eigenvalue weighted by molar-refractivity contribution is 14.1. The van der Waals surface area contributed by atoms with E-state index in [1.54, 1.807) is 0 Å². The number of aromatic nitrogens is 4. The summed E-state index contributed by atoms with van der Waals surface area (Å²) in [6.45, 7) is 0.131. The second kappa shape index (κ2) is 5.21. The van der Waals surface area contributed by atoms with E-state index in [9.17, 15) is 4.79 Å². The Balaban J connectivity index is 1.72. The molecule has 0 aliphatic heterocycles. The molecule has 1 N–H and O–H groups in total. The summed E-state index contributed by atoms with van der Waals surface area (Å²) in [4.78, 5) is 20.1. The lowest BCUT2D eigenvalue weighted by atomic mass is 10.3. The number of hydrogen-bond acceptors (Lipinski definition) is 5. The van der Waals surface area contributed by atoms with Gasteiger partial charge in [0.2, 0.25) is 9.74 Å². The zero-order valence-electron chi connectivity index (χ0n) is 9.58. The van der Waals surface area contributed by atoms with Crippen LogP contribution in [-0.2, 0) is 11.3 Å². The SMILES string of the molecule is O=C(Cn1cnc(I)n1)Nc1nc2ccccc2s1. The van der Waals surface area contributed by atoms with Crippen LogP contribution in [0.25, 0.3) is 10.2 Å². The van der Waals surface area contributed by atoms with Gasteiger partial charge in [-0.2, -0.15) is 0 Å². The molecule has 2 heterocycles. The average molecular weight is 385 g/mol. The fraction of sp³-hybridized carbons (Fsp3) is 0.0909. The van der Waals surface area contributed by atoms with Crippen LogP contribution >= 0.6 is 33.9 Å². The number of rotatable bonds is 3. The molecule has 0 spiro atoms. The lowest BCUT2D eigenvalue weighted by molar-refractivity contribution is -0.116. The van der Waals surface area contributed by atoms with Crippen LogP contribution in [0.1, 0.15) is 0 Å². The van der Waals surface area contributed by atoms with Gasteiger partial charge in [-0.25, -0.2) is 14.6 Å². The van der Waals surface area contributed by atoms with E-state index in [1.807, 2.05) is 46.9 Å². The maximum atomic E-state index is 11.8. The Bertz CT molecular complexity index is 704. The highest BCUT2D eigenvalue weighted by atomic mass is 127. The first kappa shape index (κ1) is 12.5. The molecule has 0 aliphatic carbocycles. The predicted octanol–water partition coefficient (Wildman–Crippen LogP) is 2.13. The third-order valence-electron chi connectivity index (χ3n) is 2.35. The van der Waals surface area contributed by atoms with Gasteiger partial charge in [-0.1, -0.05) is 23.5 Å². The first-order chi connectivity index (χ1) is 9.20. The zero-order valence-corrected chi connectivity index (χ0v) is 12.6. The van der Waals surface area contributed by atoms with Crippen LogP contribution in [0.3, 0.4) is 0 Å². The maximum Gasteiger partial charge on any atom is 0.247 e. The van der Waals surface area contributed by atoms with E-state index in [2.05, 4.69) is 20.4 Å². The molecular weight excluding hydrogens is 377 g/mol. The number of carbonyl (C=O) groups excluding carboxylic acids is 1. The first-order valence-corrected chi connectivity index (χ1v) is 7.30. The molecule has 3 rings (SSSR count). The topological polar surface area (TPSA) is 72.7 Å². The van der Waals surface area contributed by atoms with Crippen LogP contribution in [0.5, 0.6) is 0 Å². The van der Waals surface area contributed by atoms with Crippen LogP contribution in [0.15, 0.2) is 30.6 Å². The van der Waals surface area contributed by atoms with Crippen molar-refractivity contribution in [1.29, 1.82) is 0 Å². The molecule has 0 bridgehead atoms. The number of amides is 1. The Morgan fingerprint density at radius 2 is 2.26 bits per heavy atom. The minimum absolute atomic E-state index is 0.131. The summed E-state index contributed by atoms with van der Waals surface area (Å²) in [7, 11) is 0. The van der Waals surface area contributed by atoms with Crippen LogP contribution in [0, 0.1) is 3.83 Å². The molecule has 1 aromatic carbocycles. The van der Waals surface area contributed by atoms with Gasteiger partial charge >= 0.3 is 0 Å². The van der Waals surface area contributed by atoms with Crippen LogP contribution < -0.4 is 5.32 Å². The quantitative estimate of drug-likeness (QED) is 0.702. The van der Waals surface area contributed by atoms with E-state index < -0.39 is 0 Å². The average Bonchev–Trinajstić information content (AvgIpc) is 2.94. The molecule has 0 saturated carbocycles. The molecule has 0 radical (unpaired) electrons. The number of para-hydroxylation sites is 1. The molecule has 2 aromatic heterocycles.